The molecule has 0 spiro atoms. The van der Waals surface area contributed by atoms with Gasteiger partial charge in [-0.25, -0.2) is 8.42 Å². The summed E-state index contributed by atoms with van der Waals surface area (Å²) in [6.45, 7) is 1.73. The molecule has 7 heteroatoms. The highest BCUT2D eigenvalue weighted by molar-refractivity contribution is 9.11. The van der Waals surface area contributed by atoms with Crippen molar-refractivity contribution in [2.75, 3.05) is 10.5 Å². The highest BCUT2D eigenvalue weighted by Crippen LogP contribution is 2.29. The predicted octanol–water partition coefficient (Wildman–Crippen LogP) is 3.90. The Bertz CT molecular complexity index is 761. The summed E-state index contributed by atoms with van der Waals surface area (Å²) < 4.78 is 28.9. The van der Waals surface area contributed by atoms with Gasteiger partial charge in [0.2, 0.25) is 0 Å². The van der Waals surface area contributed by atoms with E-state index < -0.39 is 10.0 Å². The molecule has 2 aromatic carbocycles. The number of nitrogens with one attached hydrogen (secondary N) is 1. The van der Waals surface area contributed by atoms with E-state index in [1.807, 2.05) is 0 Å². The molecule has 0 aromatic heterocycles. The van der Waals surface area contributed by atoms with Crippen molar-refractivity contribution in [1.82, 2.24) is 0 Å². The fourth-order valence-corrected chi connectivity index (χ4v) is 4.32. The highest BCUT2D eigenvalue weighted by Gasteiger charge is 2.18. The lowest BCUT2D eigenvalue weighted by molar-refractivity contribution is 0.600. The van der Waals surface area contributed by atoms with Crippen molar-refractivity contribution >= 4 is 53.3 Å². The molecule has 0 bridgehead atoms. The van der Waals surface area contributed by atoms with Gasteiger partial charge in [0.25, 0.3) is 10.0 Å². The molecule has 0 heterocycles. The van der Waals surface area contributed by atoms with Gasteiger partial charge in [0, 0.05) is 14.6 Å². The molecule has 3 N–H and O–H groups in total. The molecule has 20 heavy (non-hydrogen) atoms. The number of hydrogen-bond donors (Lipinski definition) is 2. The van der Waals surface area contributed by atoms with E-state index in [1.165, 1.54) is 6.07 Å². The maximum absolute atomic E-state index is 12.4. The number of benzene rings is 2. The number of hydrogen-bond acceptors (Lipinski definition) is 3. The first kappa shape index (κ1) is 15.3. The quantitative estimate of drug-likeness (QED) is 0.741. The van der Waals surface area contributed by atoms with Crippen LogP contribution in [0, 0.1) is 6.92 Å². The van der Waals surface area contributed by atoms with E-state index in [1.54, 1.807) is 37.3 Å². The zero-order valence-corrected chi connectivity index (χ0v) is 14.5. The van der Waals surface area contributed by atoms with Crippen LogP contribution in [0.5, 0.6) is 0 Å². The van der Waals surface area contributed by atoms with Gasteiger partial charge in [0.15, 0.2) is 0 Å². The number of sulfonamides is 1. The first-order valence-corrected chi connectivity index (χ1v) is 8.70. The number of rotatable bonds is 3. The van der Waals surface area contributed by atoms with E-state index in [9.17, 15) is 8.42 Å². The highest BCUT2D eigenvalue weighted by atomic mass is 79.9. The van der Waals surface area contributed by atoms with Crippen LogP contribution < -0.4 is 10.5 Å². The van der Waals surface area contributed by atoms with Gasteiger partial charge in [-0.15, -0.1) is 0 Å². The monoisotopic (exact) mass is 418 g/mol. The molecule has 2 rings (SSSR count). The Morgan fingerprint density at radius 3 is 2.45 bits per heavy atom. The summed E-state index contributed by atoms with van der Waals surface area (Å²) in [7, 11) is -3.68. The third-order valence-electron chi connectivity index (χ3n) is 2.68. The van der Waals surface area contributed by atoms with Crippen LogP contribution in [0.25, 0.3) is 0 Å². The second-order valence-corrected chi connectivity index (χ2v) is 7.68. The Labute approximate surface area is 134 Å². The molecule has 0 amide bonds. The van der Waals surface area contributed by atoms with Gasteiger partial charge >= 0.3 is 0 Å². The SMILES string of the molecule is Cc1ccc(N)cc1S(=O)(=O)Nc1ccc(Br)cc1Br. The zero-order chi connectivity index (χ0) is 14.9. The van der Waals surface area contributed by atoms with Crippen LogP contribution in [0.3, 0.4) is 0 Å². The zero-order valence-electron chi connectivity index (χ0n) is 10.5. The summed E-state index contributed by atoms with van der Waals surface area (Å²) in [5.41, 5.74) is 7.17. The van der Waals surface area contributed by atoms with E-state index in [4.69, 9.17) is 5.73 Å². The molecular formula is C13H12Br2N2O2S. The Balaban J connectivity index is 2.43. The van der Waals surface area contributed by atoms with Crippen molar-refractivity contribution in [3.05, 3.63) is 50.9 Å². The number of nitrogen functional groups attached to an aromatic ring is 1. The van der Waals surface area contributed by atoms with Crippen LogP contribution in [0.1, 0.15) is 5.56 Å². The van der Waals surface area contributed by atoms with Gasteiger partial charge in [0.1, 0.15) is 0 Å². The standard InChI is InChI=1S/C13H12Br2N2O2S/c1-8-2-4-10(16)7-13(8)20(18,19)17-12-5-3-9(14)6-11(12)15/h2-7,17H,16H2,1H3. The normalized spacial score (nSPS) is 11.3. The number of aryl methyl sites for hydroxylation is 1. The van der Waals surface area contributed by atoms with Crippen molar-refractivity contribution in [2.45, 2.75) is 11.8 Å². The summed E-state index contributed by atoms with van der Waals surface area (Å²) in [5.74, 6) is 0. The van der Waals surface area contributed by atoms with Crippen LogP contribution in [-0.2, 0) is 10.0 Å². The summed E-state index contributed by atoms with van der Waals surface area (Å²) >= 11 is 6.64. The third kappa shape index (κ3) is 3.34. The molecule has 106 valence electrons. The smallest absolute Gasteiger partial charge is 0.262 e. The van der Waals surface area contributed by atoms with E-state index in [-0.39, 0.29) is 4.90 Å². The molecule has 0 fully saturated rings. The first-order valence-electron chi connectivity index (χ1n) is 5.63. The second kappa shape index (κ2) is 5.75. The molecular weight excluding hydrogens is 408 g/mol. The van der Waals surface area contributed by atoms with Crippen molar-refractivity contribution in [2.24, 2.45) is 0 Å². The summed E-state index contributed by atoms with van der Waals surface area (Å²) in [5, 5.41) is 0. The van der Waals surface area contributed by atoms with Gasteiger partial charge in [0.05, 0.1) is 10.6 Å². The Hall–Kier alpha value is -1.05. The maximum Gasteiger partial charge on any atom is 0.262 e. The van der Waals surface area contributed by atoms with E-state index >= 15 is 0 Å². The number of halogens is 2. The second-order valence-electron chi connectivity index (χ2n) is 4.25. The third-order valence-corrected chi connectivity index (χ3v) is 5.33. The maximum atomic E-state index is 12.4. The van der Waals surface area contributed by atoms with E-state index in [2.05, 4.69) is 36.6 Å². The molecule has 2 aromatic rings. The van der Waals surface area contributed by atoms with Gasteiger partial charge in [-0.3, -0.25) is 4.72 Å². The van der Waals surface area contributed by atoms with Crippen molar-refractivity contribution in [3.8, 4) is 0 Å². The van der Waals surface area contributed by atoms with Gasteiger partial charge in [-0.2, -0.15) is 0 Å². The lowest BCUT2D eigenvalue weighted by Crippen LogP contribution is -2.15. The topological polar surface area (TPSA) is 72.2 Å². The average molecular weight is 420 g/mol. The molecule has 0 atom stereocenters. The predicted molar refractivity (Wildman–Crippen MR) is 88.2 cm³/mol. The summed E-state index contributed by atoms with van der Waals surface area (Å²) in [6.07, 6.45) is 0. The summed E-state index contributed by atoms with van der Waals surface area (Å²) in [6, 6.07) is 10.0. The Morgan fingerprint density at radius 2 is 1.80 bits per heavy atom. The molecule has 0 saturated carbocycles. The Kier molecular flexibility index (Phi) is 4.41. The minimum absolute atomic E-state index is 0.173. The number of anilines is 2. The van der Waals surface area contributed by atoms with Crippen LogP contribution >= 0.6 is 31.9 Å². The Morgan fingerprint density at radius 1 is 1.10 bits per heavy atom. The van der Waals surface area contributed by atoms with Crippen LogP contribution in [-0.4, -0.2) is 8.42 Å². The molecule has 0 radical (unpaired) electrons. The molecule has 0 aliphatic rings. The van der Waals surface area contributed by atoms with Crippen LogP contribution in [0.15, 0.2) is 50.2 Å². The fourth-order valence-electron chi connectivity index (χ4n) is 1.68. The van der Waals surface area contributed by atoms with Crippen LogP contribution in [0.4, 0.5) is 11.4 Å². The molecule has 0 aliphatic heterocycles. The molecule has 0 aliphatic carbocycles. The minimum Gasteiger partial charge on any atom is -0.399 e. The minimum atomic E-state index is -3.68. The van der Waals surface area contributed by atoms with E-state index in [0.717, 1.165) is 4.47 Å². The van der Waals surface area contributed by atoms with Crippen molar-refractivity contribution in [1.29, 1.82) is 0 Å². The van der Waals surface area contributed by atoms with Crippen LogP contribution in [0.2, 0.25) is 0 Å². The first-order chi connectivity index (χ1) is 9.29. The lowest BCUT2D eigenvalue weighted by atomic mass is 10.2. The van der Waals surface area contributed by atoms with Crippen molar-refractivity contribution in [3.63, 3.8) is 0 Å². The molecule has 0 unspecified atom stereocenters. The van der Waals surface area contributed by atoms with Gasteiger partial charge in [-0.1, -0.05) is 22.0 Å². The fraction of sp³-hybridized carbons (Fsp3) is 0.0769. The van der Waals surface area contributed by atoms with Crippen molar-refractivity contribution < 1.29 is 8.42 Å². The molecule has 4 nitrogen and oxygen atoms in total. The largest absolute Gasteiger partial charge is 0.399 e. The average Bonchev–Trinajstić information content (AvgIpc) is 2.35. The lowest BCUT2D eigenvalue weighted by Gasteiger charge is -2.12. The van der Waals surface area contributed by atoms with Gasteiger partial charge < -0.3 is 5.73 Å². The summed E-state index contributed by atoms with van der Waals surface area (Å²) in [4.78, 5) is 0.173. The van der Waals surface area contributed by atoms with E-state index in [0.29, 0.717) is 21.4 Å². The van der Waals surface area contributed by atoms with Gasteiger partial charge in [-0.05, 0) is 58.7 Å². The number of nitrogens with two attached hydrogens (primary N) is 1. The molecule has 0 saturated heterocycles.